The molecule has 17 heavy (non-hydrogen) atoms. The summed E-state index contributed by atoms with van der Waals surface area (Å²) < 4.78 is 1.84. The lowest BCUT2D eigenvalue weighted by Crippen LogP contribution is -2.17. The van der Waals surface area contributed by atoms with Crippen molar-refractivity contribution in [1.29, 1.82) is 0 Å². The third-order valence-electron chi connectivity index (χ3n) is 2.91. The predicted octanol–water partition coefficient (Wildman–Crippen LogP) is 2.36. The molecule has 2 aromatic rings. The number of hydrogen-bond acceptors (Lipinski definition) is 2. The topological polar surface area (TPSA) is 21.1 Å². The monoisotopic (exact) mass is 229 g/mol. The van der Waals surface area contributed by atoms with Gasteiger partial charge in [0, 0.05) is 31.9 Å². The Labute approximate surface area is 103 Å². The summed E-state index contributed by atoms with van der Waals surface area (Å²) in [5.41, 5.74) is 3.99. The highest BCUT2D eigenvalue weighted by Crippen LogP contribution is 2.11. The highest BCUT2D eigenvalue weighted by molar-refractivity contribution is 5.25. The van der Waals surface area contributed by atoms with E-state index in [2.05, 4.69) is 54.4 Å². The first kappa shape index (κ1) is 11.9. The van der Waals surface area contributed by atoms with Crippen LogP contribution in [0, 0.1) is 6.92 Å². The molecule has 0 unspecified atom stereocenters. The van der Waals surface area contributed by atoms with Gasteiger partial charge >= 0.3 is 0 Å². The van der Waals surface area contributed by atoms with Crippen molar-refractivity contribution in [2.45, 2.75) is 20.0 Å². The maximum Gasteiger partial charge on any atom is 0.0534 e. The molecule has 0 aliphatic carbocycles. The maximum absolute atomic E-state index is 4.18. The van der Waals surface area contributed by atoms with Crippen LogP contribution in [0.2, 0.25) is 0 Å². The quantitative estimate of drug-likeness (QED) is 0.802. The van der Waals surface area contributed by atoms with Gasteiger partial charge in [-0.25, -0.2) is 0 Å². The number of hydrogen-bond donors (Lipinski definition) is 0. The molecule has 0 N–H and O–H groups in total. The normalized spacial score (nSPS) is 11.1. The number of aromatic nitrogens is 2. The van der Waals surface area contributed by atoms with Gasteiger partial charge in [0.15, 0.2) is 0 Å². The van der Waals surface area contributed by atoms with E-state index < -0.39 is 0 Å². The highest BCUT2D eigenvalue weighted by Gasteiger charge is 2.04. The van der Waals surface area contributed by atoms with Crippen LogP contribution in [0.15, 0.2) is 36.7 Å². The van der Waals surface area contributed by atoms with Crippen LogP contribution < -0.4 is 0 Å². The van der Waals surface area contributed by atoms with Crippen LogP contribution >= 0.6 is 0 Å². The van der Waals surface area contributed by atoms with Crippen LogP contribution in [0.1, 0.15) is 16.7 Å². The fourth-order valence-corrected chi connectivity index (χ4v) is 2.00. The van der Waals surface area contributed by atoms with Gasteiger partial charge in [0.1, 0.15) is 0 Å². The molecule has 0 aliphatic heterocycles. The first-order chi connectivity index (χ1) is 8.15. The Bertz CT molecular complexity index is 488. The average Bonchev–Trinajstić information content (AvgIpc) is 2.67. The molecular formula is C14H19N3. The van der Waals surface area contributed by atoms with Crippen LogP contribution in [0.25, 0.3) is 0 Å². The summed E-state index contributed by atoms with van der Waals surface area (Å²) >= 11 is 0. The van der Waals surface area contributed by atoms with E-state index in [0.717, 1.165) is 13.1 Å². The van der Waals surface area contributed by atoms with E-state index in [1.165, 1.54) is 16.7 Å². The lowest BCUT2D eigenvalue weighted by atomic mass is 10.1. The third-order valence-corrected chi connectivity index (χ3v) is 2.91. The minimum Gasteiger partial charge on any atom is -0.298 e. The summed E-state index contributed by atoms with van der Waals surface area (Å²) in [6.07, 6.45) is 3.99. The molecule has 0 bridgehead atoms. The van der Waals surface area contributed by atoms with E-state index in [9.17, 15) is 0 Å². The maximum atomic E-state index is 4.18. The zero-order chi connectivity index (χ0) is 12.3. The molecule has 1 heterocycles. The van der Waals surface area contributed by atoms with Crippen molar-refractivity contribution in [3.63, 3.8) is 0 Å². The fourth-order valence-electron chi connectivity index (χ4n) is 2.00. The van der Waals surface area contributed by atoms with Crippen LogP contribution in [0.5, 0.6) is 0 Å². The predicted molar refractivity (Wildman–Crippen MR) is 69.6 cm³/mol. The van der Waals surface area contributed by atoms with Crippen molar-refractivity contribution in [3.05, 3.63) is 53.3 Å². The first-order valence-corrected chi connectivity index (χ1v) is 5.86. The fraction of sp³-hybridized carbons (Fsp3) is 0.357. The van der Waals surface area contributed by atoms with E-state index in [1.807, 2.05) is 17.9 Å². The van der Waals surface area contributed by atoms with Crippen LogP contribution in [-0.4, -0.2) is 21.7 Å². The van der Waals surface area contributed by atoms with E-state index in [0.29, 0.717) is 0 Å². The Morgan fingerprint density at radius 3 is 2.65 bits per heavy atom. The minimum absolute atomic E-state index is 0.933. The molecule has 0 aliphatic rings. The van der Waals surface area contributed by atoms with Crippen molar-refractivity contribution in [1.82, 2.24) is 14.7 Å². The number of nitrogens with zero attached hydrogens (tertiary/aromatic N) is 3. The molecule has 0 saturated heterocycles. The van der Waals surface area contributed by atoms with Gasteiger partial charge in [-0.2, -0.15) is 5.10 Å². The SMILES string of the molecule is Cc1ccccc1CN(C)Cc1cnn(C)c1. The molecule has 90 valence electrons. The summed E-state index contributed by atoms with van der Waals surface area (Å²) in [5, 5.41) is 4.18. The standard InChI is InChI=1S/C14H19N3/c1-12-6-4-5-7-14(12)11-16(2)9-13-8-15-17(3)10-13/h4-8,10H,9,11H2,1-3H3. The van der Waals surface area contributed by atoms with Gasteiger partial charge in [0.25, 0.3) is 0 Å². The minimum atomic E-state index is 0.933. The molecule has 0 saturated carbocycles. The van der Waals surface area contributed by atoms with Gasteiger partial charge in [0.05, 0.1) is 6.20 Å². The molecule has 0 atom stereocenters. The summed E-state index contributed by atoms with van der Waals surface area (Å²) in [5.74, 6) is 0. The molecule has 2 rings (SSSR count). The van der Waals surface area contributed by atoms with Crippen LogP contribution in [0.3, 0.4) is 0 Å². The molecule has 1 aromatic carbocycles. The number of rotatable bonds is 4. The van der Waals surface area contributed by atoms with Crippen molar-refractivity contribution in [3.8, 4) is 0 Å². The molecule has 0 amide bonds. The Morgan fingerprint density at radius 2 is 2.00 bits per heavy atom. The Balaban J connectivity index is 1.98. The molecular weight excluding hydrogens is 210 g/mol. The van der Waals surface area contributed by atoms with E-state index in [-0.39, 0.29) is 0 Å². The second-order valence-corrected chi connectivity index (χ2v) is 4.62. The number of aryl methyl sites for hydroxylation is 2. The van der Waals surface area contributed by atoms with Crippen molar-refractivity contribution >= 4 is 0 Å². The lowest BCUT2D eigenvalue weighted by Gasteiger charge is -2.17. The van der Waals surface area contributed by atoms with E-state index >= 15 is 0 Å². The van der Waals surface area contributed by atoms with Crippen molar-refractivity contribution in [2.24, 2.45) is 7.05 Å². The second-order valence-electron chi connectivity index (χ2n) is 4.62. The van der Waals surface area contributed by atoms with Gasteiger partial charge in [-0.15, -0.1) is 0 Å². The molecule has 3 nitrogen and oxygen atoms in total. The summed E-state index contributed by atoms with van der Waals surface area (Å²) in [6, 6.07) is 8.53. The van der Waals surface area contributed by atoms with Crippen LogP contribution in [0.4, 0.5) is 0 Å². The average molecular weight is 229 g/mol. The molecule has 0 spiro atoms. The van der Waals surface area contributed by atoms with Gasteiger partial charge in [-0.3, -0.25) is 9.58 Å². The lowest BCUT2D eigenvalue weighted by molar-refractivity contribution is 0.318. The van der Waals surface area contributed by atoms with Crippen LogP contribution in [-0.2, 0) is 20.1 Å². The largest absolute Gasteiger partial charge is 0.298 e. The Hall–Kier alpha value is -1.61. The first-order valence-electron chi connectivity index (χ1n) is 5.86. The van der Waals surface area contributed by atoms with Crippen molar-refractivity contribution in [2.75, 3.05) is 7.05 Å². The highest BCUT2D eigenvalue weighted by atomic mass is 15.2. The molecule has 1 aromatic heterocycles. The third kappa shape index (κ3) is 3.17. The zero-order valence-corrected chi connectivity index (χ0v) is 10.7. The second kappa shape index (κ2) is 5.15. The van der Waals surface area contributed by atoms with Gasteiger partial charge in [0.2, 0.25) is 0 Å². The summed E-state index contributed by atoms with van der Waals surface area (Å²) in [7, 11) is 4.09. The van der Waals surface area contributed by atoms with Gasteiger partial charge in [-0.05, 0) is 25.1 Å². The number of benzene rings is 1. The summed E-state index contributed by atoms with van der Waals surface area (Å²) in [4.78, 5) is 2.30. The van der Waals surface area contributed by atoms with E-state index in [1.54, 1.807) is 0 Å². The molecule has 0 fully saturated rings. The smallest absolute Gasteiger partial charge is 0.0534 e. The van der Waals surface area contributed by atoms with E-state index in [4.69, 9.17) is 0 Å². The zero-order valence-electron chi connectivity index (χ0n) is 10.7. The summed E-state index contributed by atoms with van der Waals surface area (Å²) in [6.45, 7) is 4.07. The Morgan fingerprint density at radius 1 is 1.24 bits per heavy atom. The molecule has 0 radical (unpaired) electrons. The van der Waals surface area contributed by atoms with Gasteiger partial charge in [-0.1, -0.05) is 24.3 Å². The van der Waals surface area contributed by atoms with Gasteiger partial charge < -0.3 is 0 Å². The Kier molecular flexibility index (Phi) is 3.59. The van der Waals surface area contributed by atoms with Crippen molar-refractivity contribution < 1.29 is 0 Å². The molecule has 3 heteroatoms.